The molecule has 1 N–H and O–H groups in total. The van der Waals surface area contributed by atoms with Gasteiger partial charge in [0.25, 0.3) is 0 Å². The van der Waals surface area contributed by atoms with Crippen LogP contribution in [0, 0.1) is 0 Å². The van der Waals surface area contributed by atoms with E-state index in [0.717, 1.165) is 59.0 Å². The van der Waals surface area contributed by atoms with Crippen LogP contribution in [0.4, 0.5) is 0 Å². The summed E-state index contributed by atoms with van der Waals surface area (Å²) in [5.41, 5.74) is 2.72. The second-order valence-electron chi connectivity index (χ2n) is 5.94. The number of aromatic nitrogens is 1. The monoisotopic (exact) mass is 324 g/mol. The number of hydrogen-bond donors (Lipinski definition) is 1. The number of nitrogens with one attached hydrogen (secondary N) is 1. The van der Waals surface area contributed by atoms with Crippen molar-refractivity contribution in [1.29, 1.82) is 0 Å². The van der Waals surface area contributed by atoms with E-state index in [4.69, 9.17) is 12.2 Å². The molecule has 23 heavy (non-hydrogen) atoms. The van der Waals surface area contributed by atoms with Crippen LogP contribution in [-0.4, -0.2) is 23.3 Å². The molecule has 0 amide bonds. The van der Waals surface area contributed by atoms with Crippen LogP contribution in [0.5, 0.6) is 0 Å². The number of hydrogen-bond acceptors (Lipinski definition) is 3. The summed E-state index contributed by atoms with van der Waals surface area (Å²) in [6.45, 7) is 0. The molecule has 1 aliphatic carbocycles. The zero-order valence-electron chi connectivity index (χ0n) is 13.2. The summed E-state index contributed by atoms with van der Waals surface area (Å²) in [6.07, 6.45) is 8.47. The fraction of sp³-hybridized carbons (Fsp3) is 0.316. The molecule has 0 spiro atoms. The SMILES string of the molecule is CNC(=S)C1(c2cnc3ccccc3c2)CCCCC1=CC=O. The number of carbonyl (C=O) groups is 1. The Labute approximate surface area is 141 Å². The number of allylic oxidation sites excluding steroid dienone is 1. The molecule has 1 aromatic carbocycles. The first-order valence-electron chi connectivity index (χ1n) is 7.94. The van der Waals surface area contributed by atoms with E-state index in [0.29, 0.717) is 0 Å². The largest absolute Gasteiger partial charge is 0.382 e. The van der Waals surface area contributed by atoms with E-state index in [-0.39, 0.29) is 0 Å². The minimum absolute atomic E-state index is 0.416. The van der Waals surface area contributed by atoms with Crippen LogP contribution in [0.2, 0.25) is 0 Å². The molecule has 1 aliphatic rings. The van der Waals surface area contributed by atoms with Crippen LogP contribution in [0.1, 0.15) is 31.2 Å². The molecule has 1 unspecified atom stereocenters. The van der Waals surface area contributed by atoms with Crippen LogP contribution < -0.4 is 5.32 Å². The van der Waals surface area contributed by atoms with Crippen LogP contribution in [0.15, 0.2) is 48.2 Å². The molecule has 0 aliphatic heterocycles. The van der Waals surface area contributed by atoms with E-state index in [1.165, 1.54) is 0 Å². The van der Waals surface area contributed by atoms with E-state index < -0.39 is 5.41 Å². The number of benzene rings is 1. The average Bonchev–Trinajstić information content (AvgIpc) is 2.61. The third-order valence-corrected chi connectivity index (χ3v) is 5.32. The third-order valence-electron chi connectivity index (χ3n) is 4.76. The number of nitrogens with zero attached hydrogens (tertiary/aromatic N) is 1. The number of para-hydroxylation sites is 1. The average molecular weight is 324 g/mol. The Morgan fingerprint density at radius 3 is 2.96 bits per heavy atom. The summed E-state index contributed by atoms with van der Waals surface area (Å²) in [5, 5.41) is 4.25. The summed E-state index contributed by atoms with van der Waals surface area (Å²) < 4.78 is 0. The molecule has 1 aromatic heterocycles. The Morgan fingerprint density at radius 2 is 2.17 bits per heavy atom. The van der Waals surface area contributed by atoms with Crippen LogP contribution in [0.3, 0.4) is 0 Å². The van der Waals surface area contributed by atoms with Gasteiger partial charge in [-0.1, -0.05) is 36.8 Å². The molecule has 1 atom stereocenters. The molecule has 3 rings (SSSR count). The maximum absolute atomic E-state index is 11.2. The highest BCUT2D eigenvalue weighted by Gasteiger charge is 2.42. The molecule has 2 aromatic rings. The molecular formula is C19H20N2OS. The summed E-state index contributed by atoms with van der Waals surface area (Å²) in [4.78, 5) is 16.5. The predicted octanol–water partition coefficient (Wildman–Crippen LogP) is 3.72. The zero-order chi connectivity index (χ0) is 16.3. The number of rotatable bonds is 3. The Bertz CT molecular complexity index is 784. The van der Waals surface area contributed by atoms with Gasteiger partial charge in [-0.05, 0) is 48.6 Å². The lowest BCUT2D eigenvalue weighted by Gasteiger charge is -2.40. The first-order valence-corrected chi connectivity index (χ1v) is 8.35. The molecule has 4 heteroatoms. The van der Waals surface area contributed by atoms with E-state index in [2.05, 4.69) is 22.4 Å². The number of thiocarbonyl (C=S) groups is 1. The van der Waals surface area contributed by atoms with Gasteiger partial charge in [-0.15, -0.1) is 0 Å². The van der Waals surface area contributed by atoms with Gasteiger partial charge in [0.2, 0.25) is 0 Å². The molecule has 1 saturated carbocycles. The lowest BCUT2D eigenvalue weighted by Crippen LogP contribution is -2.45. The Morgan fingerprint density at radius 1 is 1.35 bits per heavy atom. The maximum atomic E-state index is 11.2. The zero-order valence-corrected chi connectivity index (χ0v) is 14.0. The van der Waals surface area contributed by atoms with Crippen molar-refractivity contribution in [2.45, 2.75) is 31.1 Å². The Kier molecular flexibility index (Phi) is 4.53. The molecule has 0 bridgehead atoms. The van der Waals surface area contributed by atoms with Crippen molar-refractivity contribution in [3.63, 3.8) is 0 Å². The van der Waals surface area contributed by atoms with Crippen molar-refractivity contribution in [1.82, 2.24) is 10.3 Å². The minimum Gasteiger partial charge on any atom is -0.382 e. The van der Waals surface area contributed by atoms with Crippen molar-refractivity contribution >= 4 is 34.4 Å². The minimum atomic E-state index is -0.416. The van der Waals surface area contributed by atoms with Gasteiger partial charge in [0, 0.05) is 18.6 Å². The standard InChI is InChI=1S/C19H20N2OS/c1-20-18(23)19(10-5-4-7-15(19)9-11-22)16-12-14-6-2-3-8-17(14)21-13-16/h2-3,6,8-9,11-13H,4-5,7,10H2,1H3,(H,20,23). The van der Waals surface area contributed by atoms with Crippen molar-refractivity contribution in [2.24, 2.45) is 0 Å². The number of aldehydes is 1. The number of carbonyl (C=O) groups excluding carboxylic acids is 1. The van der Waals surface area contributed by atoms with Crippen LogP contribution in [-0.2, 0) is 10.2 Å². The van der Waals surface area contributed by atoms with Gasteiger partial charge < -0.3 is 5.32 Å². The van der Waals surface area contributed by atoms with Gasteiger partial charge in [0.05, 0.1) is 15.9 Å². The Balaban J connectivity index is 2.22. The first kappa shape index (κ1) is 15.8. The number of fused-ring (bicyclic) bond motifs is 1. The van der Waals surface area contributed by atoms with Crippen molar-refractivity contribution in [2.75, 3.05) is 7.05 Å². The lowest BCUT2D eigenvalue weighted by atomic mass is 9.66. The Hall–Kier alpha value is -2.07. The first-order chi connectivity index (χ1) is 11.2. The summed E-state index contributed by atoms with van der Waals surface area (Å²) in [5.74, 6) is 0. The normalized spacial score (nSPS) is 22.9. The molecule has 118 valence electrons. The highest BCUT2D eigenvalue weighted by atomic mass is 32.1. The van der Waals surface area contributed by atoms with E-state index >= 15 is 0 Å². The van der Waals surface area contributed by atoms with Crippen molar-refractivity contribution in [3.05, 3.63) is 53.7 Å². The fourth-order valence-corrected chi connectivity index (χ4v) is 3.98. The van der Waals surface area contributed by atoms with Crippen LogP contribution >= 0.6 is 12.2 Å². The smallest absolute Gasteiger partial charge is 0.142 e. The number of likely N-dealkylation sites (N-methyl/N-ethyl adjacent to an activating group) is 1. The highest BCUT2D eigenvalue weighted by Crippen LogP contribution is 2.44. The van der Waals surface area contributed by atoms with Crippen molar-refractivity contribution in [3.8, 4) is 0 Å². The molecule has 1 heterocycles. The van der Waals surface area contributed by atoms with Gasteiger partial charge in [-0.2, -0.15) is 0 Å². The van der Waals surface area contributed by atoms with Crippen LogP contribution in [0.25, 0.3) is 10.9 Å². The predicted molar refractivity (Wildman–Crippen MR) is 97.7 cm³/mol. The second-order valence-corrected chi connectivity index (χ2v) is 6.34. The van der Waals surface area contributed by atoms with Gasteiger partial charge in [0.15, 0.2) is 0 Å². The molecule has 3 nitrogen and oxygen atoms in total. The van der Waals surface area contributed by atoms with E-state index in [9.17, 15) is 4.79 Å². The summed E-state index contributed by atoms with van der Waals surface area (Å²) in [7, 11) is 1.85. The quantitative estimate of drug-likeness (QED) is 0.531. The maximum Gasteiger partial charge on any atom is 0.142 e. The van der Waals surface area contributed by atoms with Gasteiger partial charge in [-0.3, -0.25) is 9.78 Å². The van der Waals surface area contributed by atoms with Gasteiger partial charge in [-0.25, -0.2) is 0 Å². The van der Waals surface area contributed by atoms with Crippen molar-refractivity contribution < 1.29 is 4.79 Å². The van der Waals surface area contributed by atoms with Gasteiger partial charge >= 0.3 is 0 Å². The van der Waals surface area contributed by atoms with Gasteiger partial charge in [0.1, 0.15) is 6.29 Å². The van der Waals surface area contributed by atoms with E-state index in [1.807, 2.05) is 31.4 Å². The summed E-state index contributed by atoms with van der Waals surface area (Å²) in [6, 6.07) is 10.2. The molecule has 0 saturated heterocycles. The third kappa shape index (κ3) is 2.68. The van der Waals surface area contributed by atoms with E-state index in [1.54, 1.807) is 6.08 Å². The second kappa shape index (κ2) is 6.59. The fourth-order valence-electron chi connectivity index (χ4n) is 3.63. The summed E-state index contributed by atoms with van der Waals surface area (Å²) >= 11 is 5.69. The lowest BCUT2D eigenvalue weighted by molar-refractivity contribution is -0.104. The molecule has 1 fully saturated rings. The molecule has 0 radical (unpaired) electrons. The molecular weight excluding hydrogens is 304 g/mol. The highest BCUT2D eigenvalue weighted by molar-refractivity contribution is 7.80. The topological polar surface area (TPSA) is 42.0 Å². The number of pyridine rings is 1.